The van der Waals surface area contributed by atoms with Crippen molar-refractivity contribution in [3.05, 3.63) is 64.4 Å². The summed E-state index contributed by atoms with van der Waals surface area (Å²) in [5.41, 5.74) is 3.56. The maximum atomic E-state index is 12.2. The average molecular weight is 386 g/mol. The topological polar surface area (TPSA) is 45.2 Å². The van der Waals surface area contributed by atoms with Crippen LogP contribution in [0.5, 0.6) is 0 Å². The van der Waals surface area contributed by atoms with Crippen LogP contribution >= 0.6 is 11.6 Å². The molecule has 1 aromatic heterocycles. The lowest BCUT2D eigenvalue weighted by atomic mass is 9.93. The molecule has 0 saturated carbocycles. The highest BCUT2D eigenvalue weighted by atomic mass is 35.5. The highest BCUT2D eigenvalue weighted by molar-refractivity contribution is 6.31. The number of benzene rings is 1. The molecule has 1 aromatic carbocycles. The van der Waals surface area contributed by atoms with Gasteiger partial charge in [-0.1, -0.05) is 29.8 Å². The molecule has 2 heterocycles. The number of pyridine rings is 1. The highest BCUT2D eigenvalue weighted by Crippen LogP contribution is 2.23. The number of hydrogen-bond donors (Lipinski definition) is 1. The Hall–Kier alpha value is -1.91. The first-order valence-corrected chi connectivity index (χ1v) is 10.1. The summed E-state index contributed by atoms with van der Waals surface area (Å²) in [5.74, 6) is 0.698. The fourth-order valence-electron chi connectivity index (χ4n) is 3.71. The number of amides is 1. The molecule has 0 radical (unpaired) electrons. The van der Waals surface area contributed by atoms with Gasteiger partial charge in [0.25, 0.3) is 0 Å². The van der Waals surface area contributed by atoms with Gasteiger partial charge in [-0.2, -0.15) is 0 Å². The molecule has 1 fully saturated rings. The zero-order chi connectivity index (χ0) is 19.1. The van der Waals surface area contributed by atoms with Gasteiger partial charge in [0.1, 0.15) is 0 Å². The fourth-order valence-corrected chi connectivity index (χ4v) is 3.91. The molecular weight excluding hydrogens is 358 g/mol. The molecule has 1 amide bonds. The van der Waals surface area contributed by atoms with Crippen molar-refractivity contribution in [1.82, 2.24) is 15.2 Å². The number of halogens is 1. The number of hydrogen-bond acceptors (Lipinski definition) is 3. The van der Waals surface area contributed by atoms with Gasteiger partial charge in [0.15, 0.2) is 0 Å². The van der Waals surface area contributed by atoms with E-state index in [9.17, 15) is 4.79 Å². The molecule has 2 aromatic rings. The summed E-state index contributed by atoms with van der Waals surface area (Å²) in [6.07, 6.45) is 7.74. The molecule has 4 nitrogen and oxygen atoms in total. The Morgan fingerprint density at radius 2 is 2.15 bits per heavy atom. The van der Waals surface area contributed by atoms with Crippen molar-refractivity contribution in [1.29, 1.82) is 0 Å². The fraction of sp³-hybridized carbons (Fsp3) is 0.455. The van der Waals surface area contributed by atoms with Crippen molar-refractivity contribution in [2.75, 3.05) is 13.1 Å². The van der Waals surface area contributed by atoms with E-state index in [0.29, 0.717) is 23.9 Å². The largest absolute Gasteiger partial charge is 0.352 e. The molecule has 144 valence electrons. The van der Waals surface area contributed by atoms with Crippen LogP contribution in [-0.2, 0) is 17.9 Å². The second kappa shape index (κ2) is 9.86. The summed E-state index contributed by atoms with van der Waals surface area (Å²) in [5, 5.41) is 3.69. The minimum atomic E-state index is 0.108. The smallest absolute Gasteiger partial charge is 0.220 e. The molecule has 27 heavy (non-hydrogen) atoms. The second-order valence-electron chi connectivity index (χ2n) is 7.45. The van der Waals surface area contributed by atoms with Crippen LogP contribution < -0.4 is 5.32 Å². The van der Waals surface area contributed by atoms with E-state index in [1.807, 2.05) is 36.7 Å². The van der Waals surface area contributed by atoms with Crippen LogP contribution in [0, 0.1) is 12.8 Å². The quantitative estimate of drug-likeness (QED) is 0.770. The lowest BCUT2D eigenvalue weighted by Crippen LogP contribution is -2.35. The Morgan fingerprint density at radius 1 is 1.30 bits per heavy atom. The molecule has 1 saturated heterocycles. The Kier molecular flexibility index (Phi) is 7.25. The van der Waals surface area contributed by atoms with Crippen LogP contribution in [-0.4, -0.2) is 28.9 Å². The first-order chi connectivity index (χ1) is 13.1. The van der Waals surface area contributed by atoms with E-state index in [0.717, 1.165) is 31.6 Å². The Labute approximate surface area is 166 Å². The van der Waals surface area contributed by atoms with Gasteiger partial charge in [-0.3, -0.25) is 14.7 Å². The van der Waals surface area contributed by atoms with E-state index < -0.39 is 0 Å². The van der Waals surface area contributed by atoms with E-state index in [2.05, 4.69) is 28.2 Å². The van der Waals surface area contributed by atoms with Crippen molar-refractivity contribution in [2.24, 2.45) is 5.92 Å². The molecule has 3 rings (SSSR count). The Morgan fingerprint density at radius 3 is 2.96 bits per heavy atom. The number of rotatable bonds is 7. The predicted octanol–water partition coefficient (Wildman–Crippen LogP) is 4.35. The van der Waals surface area contributed by atoms with E-state index >= 15 is 0 Å². The van der Waals surface area contributed by atoms with Crippen LogP contribution in [0.3, 0.4) is 0 Å². The zero-order valence-corrected chi connectivity index (χ0v) is 16.7. The van der Waals surface area contributed by atoms with Crippen molar-refractivity contribution in [3.8, 4) is 0 Å². The summed E-state index contributed by atoms with van der Waals surface area (Å²) in [6.45, 7) is 5.80. The van der Waals surface area contributed by atoms with E-state index in [1.165, 1.54) is 24.0 Å². The Balaban J connectivity index is 1.42. The minimum absolute atomic E-state index is 0.108. The van der Waals surface area contributed by atoms with E-state index in [-0.39, 0.29) is 5.91 Å². The summed E-state index contributed by atoms with van der Waals surface area (Å²) in [4.78, 5) is 18.9. The van der Waals surface area contributed by atoms with Crippen molar-refractivity contribution < 1.29 is 4.79 Å². The SMILES string of the molecule is Cc1cnccc1CN1CCC[C@H](CCC(=O)NCc2ccccc2Cl)C1. The first-order valence-electron chi connectivity index (χ1n) is 9.74. The third-order valence-electron chi connectivity index (χ3n) is 5.35. The van der Waals surface area contributed by atoms with Crippen LogP contribution in [0.4, 0.5) is 0 Å². The van der Waals surface area contributed by atoms with Gasteiger partial charge in [-0.05, 0) is 67.5 Å². The van der Waals surface area contributed by atoms with Crippen LogP contribution in [0.15, 0.2) is 42.7 Å². The zero-order valence-electron chi connectivity index (χ0n) is 16.0. The number of carbonyl (C=O) groups excluding carboxylic acids is 1. The lowest BCUT2D eigenvalue weighted by molar-refractivity contribution is -0.121. The monoisotopic (exact) mass is 385 g/mol. The number of piperidine rings is 1. The van der Waals surface area contributed by atoms with Gasteiger partial charge in [0.05, 0.1) is 0 Å². The predicted molar refractivity (Wildman–Crippen MR) is 110 cm³/mol. The van der Waals surface area contributed by atoms with Crippen LogP contribution in [0.2, 0.25) is 5.02 Å². The molecule has 1 aliphatic heterocycles. The molecule has 1 atom stereocenters. The van der Waals surface area contributed by atoms with Gasteiger partial charge in [0, 0.05) is 43.5 Å². The summed E-state index contributed by atoms with van der Waals surface area (Å²) < 4.78 is 0. The Bertz CT molecular complexity index is 765. The van der Waals surface area contributed by atoms with Gasteiger partial charge >= 0.3 is 0 Å². The van der Waals surface area contributed by atoms with Gasteiger partial charge in [-0.15, -0.1) is 0 Å². The van der Waals surface area contributed by atoms with E-state index in [4.69, 9.17) is 11.6 Å². The number of aryl methyl sites for hydroxylation is 1. The highest BCUT2D eigenvalue weighted by Gasteiger charge is 2.21. The maximum Gasteiger partial charge on any atom is 0.220 e. The minimum Gasteiger partial charge on any atom is -0.352 e. The van der Waals surface area contributed by atoms with E-state index in [1.54, 1.807) is 0 Å². The molecule has 1 aliphatic rings. The number of likely N-dealkylation sites (tertiary alicyclic amines) is 1. The van der Waals surface area contributed by atoms with Crippen LogP contribution in [0.1, 0.15) is 42.4 Å². The molecule has 5 heteroatoms. The van der Waals surface area contributed by atoms with Crippen molar-refractivity contribution >= 4 is 17.5 Å². The second-order valence-corrected chi connectivity index (χ2v) is 7.86. The molecule has 0 aliphatic carbocycles. The number of nitrogens with one attached hydrogen (secondary N) is 1. The van der Waals surface area contributed by atoms with Gasteiger partial charge < -0.3 is 5.32 Å². The number of carbonyl (C=O) groups is 1. The third-order valence-corrected chi connectivity index (χ3v) is 5.72. The van der Waals surface area contributed by atoms with Crippen molar-refractivity contribution in [2.45, 2.75) is 45.7 Å². The van der Waals surface area contributed by atoms with Gasteiger partial charge in [0.2, 0.25) is 5.91 Å². The molecular formula is C22H28ClN3O. The standard InChI is InChI=1S/C22H28ClN3O/c1-17-13-24-11-10-20(17)16-26-12-4-5-18(15-26)8-9-22(27)25-14-19-6-2-3-7-21(19)23/h2-3,6-7,10-11,13,18H,4-5,8-9,12,14-16H2,1H3,(H,25,27)/t18-/m1/s1. The summed E-state index contributed by atoms with van der Waals surface area (Å²) >= 11 is 6.14. The maximum absolute atomic E-state index is 12.2. The lowest BCUT2D eigenvalue weighted by Gasteiger charge is -2.33. The summed E-state index contributed by atoms with van der Waals surface area (Å²) in [6, 6.07) is 9.75. The molecule has 1 N–H and O–H groups in total. The normalized spacial score (nSPS) is 17.6. The molecule has 0 bridgehead atoms. The first kappa shape index (κ1) is 19.8. The summed E-state index contributed by atoms with van der Waals surface area (Å²) in [7, 11) is 0. The van der Waals surface area contributed by atoms with Crippen molar-refractivity contribution in [3.63, 3.8) is 0 Å². The third kappa shape index (κ3) is 6.05. The molecule has 0 unspecified atom stereocenters. The number of nitrogens with zero attached hydrogens (tertiary/aromatic N) is 2. The molecule has 0 spiro atoms. The van der Waals surface area contributed by atoms with Gasteiger partial charge in [-0.25, -0.2) is 0 Å². The van der Waals surface area contributed by atoms with Crippen LogP contribution in [0.25, 0.3) is 0 Å². The average Bonchev–Trinajstić information content (AvgIpc) is 2.68. The number of aromatic nitrogens is 1.